The summed E-state index contributed by atoms with van der Waals surface area (Å²) >= 11 is 7.54. The van der Waals surface area contributed by atoms with Crippen molar-refractivity contribution in [2.24, 2.45) is 5.92 Å². The molecule has 2 aliphatic rings. The number of aliphatic hydroxyl groups excluding tert-OH is 3. The van der Waals surface area contributed by atoms with E-state index in [9.17, 15) is 20.1 Å². The van der Waals surface area contributed by atoms with Crippen LogP contribution in [0.25, 0.3) is 0 Å². The van der Waals surface area contributed by atoms with Crippen LogP contribution in [0.3, 0.4) is 0 Å². The van der Waals surface area contributed by atoms with E-state index in [0.29, 0.717) is 5.92 Å². The summed E-state index contributed by atoms with van der Waals surface area (Å²) in [6.45, 7) is 4.71. The van der Waals surface area contributed by atoms with Crippen LogP contribution in [-0.2, 0) is 9.53 Å². The van der Waals surface area contributed by atoms with Gasteiger partial charge in [0.1, 0.15) is 29.9 Å². The summed E-state index contributed by atoms with van der Waals surface area (Å²) in [5.41, 5.74) is -0.703. The maximum atomic E-state index is 12.8. The van der Waals surface area contributed by atoms with Crippen molar-refractivity contribution in [1.29, 1.82) is 0 Å². The molecule has 0 radical (unpaired) electrons. The smallest absolute Gasteiger partial charge is 0.237 e. The average Bonchev–Trinajstić information content (AvgIpc) is 3.14. The summed E-state index contributed by atoms with van der Waals surface area (Å²) in [4.78, 5) is 12.8. The van der Waals surface area contributed by atoms with Crippen molar-refractivity contribution in [2.45, 2.75) is 93.3 Å². The van der Waals surface area contributed by atoms with E-state index in [2.05, 4.69) is 17.6 Å². The first-order valence-corrected chi connectivity index (χ1v) is 11.9. The van der Waals surface area contributed by atoms with E-state index < -0.39 is 41.3 Å². The van der Waals surface area contributed by atoms with Crippen molar-refractivity contribution in [3.05, 3.63) is 0 Å². The van der Waals surface area contributed by atoms with Crippen LogP contribution >= 0.6 is 23.4 Å². The molecule has 0 aromatic heterocycles. The van der Waals surface area contributed by atoms with Crippen LogP contribution < -0.4 is 10.6 Å². The molecule has 2 heterocycles. The predicted octanol–water partition coefficient (Wildman–Crippen LogP) is 0.828. The topological polar surface area (TPSA) is 111 Å². The Kier molecular flexibility index (Phi) is 9.80. The van der Waals surface area contributed by atoms with Crippen molar-refractivity contribution in [2.75, 3.05) is 12.8 Å². The third-order valence-corrected chi connectivity index (χ3v) is 6.88. The van der Waals surface area contributed by atoms with Gasteiger partial charge in [0.25, 0.3) is 0 Å². The molecular weight excluding hydrogens is 404 g/mol. The molecule has 164 valence electrons. The van der Waals surface area contributed by atoms with Gasteiger partial charge in [-0.25, -0.2) is 0 Å². The minimum atomic E-state index is -1.36. The molecule has 5 N–H and O–H groups in total. The van der Waals surface area contributed by atoms with Crippen LogP contribution in [0.5, 0.6) is 0 Å². The summed E-state index contributed by atoms with van der Waals surface area (Å²) in [7, 11) is 0. The minimum Gasteiger partial charge on any atom is -0.388 e. The molecule has 9 heteroatoms. The second-order valence-electron chi connectivity index (χ2n) is 7.95. The Bertz CT molecular complexity index is 499. The third kappa shape index (κ3) is 5.97. The van der Waals surface area contributed by atoms with Crippen LogP contribution in [0.1, 0.15) is 46.0 Å². The molecule has 1 amide bonds. The average molecular weight is 439 g/mol. The molecule has 0 bridgehead atoms. The summed E-state index contributed by atoms with van der Waals surface area (Å²) in [5, 5.41) is 36.3. The van der Waals surface area contributed by atoms with Gasteiger partial charge in [0.2, 0.25) is 5.91 Å². The summed E-state index contributed by atoms with van der Waals surface area (Å²) in [5.74, 6) is 0.316. The zero-order chi connectivity index (χ0) is 20.8. The van der Waals surface area contributed by atoms with E-state index in [-0.39, 0.29) is 11.9 Å². The van der Waals surface area contributed by atoms with E-state index in [1.54, 1.807) is 13.2 Å². The quantitative estimate of drug-likeness (QED) is 0.268. The fourth-order valence-corrected chi connectivity index (χ4v) is 4.89. The Morgan fingerprint density at radius 3 is 2.61 bits per heavy atom. The Morgan fingerprint density at radius 2 is 2.00 bits per heavy atom. The normalized spacial score (nSPS) is 38.2. The zero-order valence-electron chi connectivity index (χ0n) is 16.9. The van der Waals surface area contributed by atoms with E-state index in [1.165, 1.54) is 31.0 Å². The first-order valence-electron chi connectivity index (χ1n) is 10.2. The first-order chi connectivity index (χ1) is 13.3. The summed E-state index contributed by atoms with van der Waals surface area (Å²) in [6, 6.07) is -0.987. The number of unbranched alkanes of at least 4 members (excludes halogenated alkanes) is 2. The largest absolute Gasteiger partial charge is 0.388 e. The lowest BCUT2D eigenvalue weighted by Gasteiger charge is -2.44. The number of aliphatic hydroxyl groups is 3. The van der Waals surface area contributed by atoms with Gasteiger partial charge in [-0.1, -0.05) is 26.2 Å². The van der Waals surface area contributed by atoms with Gasteiger partial charge in [0, 0.05) is 0 Å². The number of carbonyl (C=O) groups excluding carboxylic acids is 1. The van der Waals surface area contributed by atoms with Gasteiger partial charge in [0.15, 0.2) is 0 Å². The number of rotatable bonds is 9. The molecule has 0 spiro atoms. The molecule has 2 fully saturated rings. The van der Waals surface area contributed by atoms with E-state index in [1.807, 2.05) is 0 Å². The molecule has 2 aliphatic heterocycles. The monoisotopic (exact) mass is 438 g/mol. The number of ether oxygens (including phenoxy) is 1. The van der Waals surface area contributed by atoms with Crippen molar-refractivity contribution in [3.63, 3.8) is 0 Å². The molecule has 0 saturated carbocycles. The molecule has 9 atom stereocenters. The van der Waals surface area contributed by atoms with E-state index >= 15 is 0 Å². The highest BCUT2D eigenvalue weighted by Crippen LogP contribution is 2.30. The molecular formula is C19H35ClN2O5S. The highest BCUT2D eigenvalue weighted by molar-refractivity contribution is 7.99. The molecule has 2 saturated heterocycles. The second-order valence-corrected chi connectivity index (χ2v) is 9.57. The Morgan fingerprint density at radius 1 is 1.29 bits per heavy atom. The van der Waals surface area contributed by atoms with Crippen LogP contribution in [0.2, 0.25) is 0 Å². The number of thioether (sulfide) groups is 1. The molecule has 28 heavy (non-hydrogen) atoms. The Hall–Kier alpha value is -0.0900. The number of hydrogen-bond donors (Lipinski definition) is 5. The SMILES string of the molecule is CCCCC[C@H]1CN[C@H](C(=O)N[C@@H]([C@H]2O[C@H](SC)[C@H](O)[C@@H](O)[C@@H]2O)[C@@H](C)Cl)C1. The Balaban J connectivity index is 1.98. The number of alkyl halides is 1. The number of hydrogen-bond acceptors (Lipinski definition) is 7. The first kappa shape index (κ1) is 24.2. The van der Waals surface area contributed by atoms with Gasteiger partial charge >= 0.3 is 0 Å². The van der Waals surface area contributed by atoms with Crippen LogP contribution in [0, 0.1) is 5.92 Å². The van der Waals surface area contributed by atoms with Crippen molar-refractivity contribution < 1.29 is 24.9 Å². The lowest BCUT2D eigenvalue weighted by atomic mass is 9.92. The van der Waals surface area contributed by atoms with Gasteiger partial charge in [-0.05, 0) is 38.5 Å². The van der Waals surface area contributed by atoms with Crippen molar-refractivity contribution in [3.8, 4) is 0 Å². The van der Waals surface area contributed by atoms with Gasteiger partial charge < -0.3 is 30.7 Å². The molecule has 0 aromatic rings. The van der Waals surface area contributed by atoms with Gasteiger partial charge in [-0.15, -0.1) is 23.4 Å². The Labute approximate surface area is 176 Å². The summed E-state index contributed by atoms with van der Waals surface area (Å²) in [6.07, 6.45) is 2.39. The maximum absolute atomic E-state index is 12.8. The molecule has 0 aromatic carbocycles. The van der Waals surface area contributed by atoms with E-state index in [4.69, 9.17) is 16.3 Å². The second kappa shape index (κ2) is 11.3. The zero-order valence-corrected chi connectivity index (χ0v) is 18.5. The number of carbonyl (C=O) groups is 1. The van der Waals surface area contributed by atoms with Crippen LogP contribution in [0.4, 0.5) is 0 Å². The highest BCUT2D eigenvalue weighted by atomic mass is 35.5. The fourth-order valence-electron chi connectivity index (χ4n) is 4.00. The standard InChI is InChI=1S/C19H35ClN2O5S/c1-4-5-6-7-11-8-12(21-9-11)18(26)22-13(10(2)20)17-15(24)14(23)16(25)19(27-17)28-3/h10-17,19,21,23-25H,4-9H2,1-3H3,(H,22,26)/t10-,11-,12+,13-,14+,15+,16-,17-,19-/m1/s1. The molecule has 7 nitrogen and oxygen atoms in total. The summed E-state index contributed by atoms with van der Waals surface area (Å²) < 4.78 is 5.79. The number of halogens is 1. The van der Waals surface area contributed by atoms with Crippen LogP contribution in [-0.4, -0.2) is 81.3 Å². The van der Waals surface area contributed by atoms with E-state index in [0.717, 1.165) is 19.4 Å². The van der Waals surface area contributed by atoms with Gasteiger partial charge in [0.05, 0.1) is 17.5 Å². The third-order valence-electron chi connectivity index (χ3n) is 5.75. The number of amides is 1. The lowest BCUT2D eigenvalue weighted by Crippen LogP contribution is -2.65. The highest BCUT2D eigenvalue weighted by Gasteiger charge is 2.48. The molecule has 0 unspecified atom stereocenters. The van der Waals surface area contributed by atoms with Gasteiger partial charge in [-0.2, -0.15) is 0 Å². The molecule has 2 rings (SSSR count). The predicted molar refractivity (Wildman–Crippen MR) is 111 cm³/mol. The van der Waals surface area contributed by atoms with Crippen molar-refractivity contribution in [1.82, 2.24) is 10.6 Å². The maximum Gasteiger partial charge on any atom is 0.237 e. The van der Waals surface area contributed by atoms with Crippen LogP contribution in [0.15, 0.2) is 0 Å². The molecule has 0 aliphatic carbocycles. The fraction of sp³-hybridized carbons (Fsp3) is 0.947. The van der Waals surface area contributed by atoms with Crippen molar-refractivity contribution >= 4 is 29.3 Å². The van der Waals surface area contributed by atoms with Gasteiger partial charge in [-0.3, -0.25) is 4.79 Å². The number of nitrogens with one attached hydrogen (secondary N) is 2. The lowest BCUT2D eigenvalue weighted by molar-refractivity contribution is -0.205. The minimum absolute atomic E-state index is 0.174.